The summed E-state index contributed by atoms with van der Waals surface area (Å²) in [7, 11) is 0. The summed E-state index contributed by atoms with van der Waals surface area (Å²) >= 11 is 1.66. The molecule has 0 saturated heterocycles. The summed E-state index contributed by atoms with van der Waals surface area (Å²) in [5, 5.41) is 12.5. The summed E-state index contributed by atoms with van der Waals surface area (Å²) in [5.41, 5.74) is 5.15. The van der Waals surface area contributed by atoms with Gasteiger partial charge in [-0.15, -0.1) is 0 Å². The Hall–Kier alpha value is -2.73. The van der Waals surface area contributed by atoms with E-state index in [1.165, 1.54) is 5.56 Å². The zero-order valence-electron chi connectivity index (χ0n) is 14.4. The first-order valence-corrected chi connectivity index (χ1v) is 9.74. The van der Waals surface area contributed by atoms with Crippen LogP contribution in [0.5, 0.6) is 0 Å². The summed E-state index contributed by atoms with van der Waals surface area (Å²) in [5.74, 6) is 1.92. The van der Waals surface area contributed by atoms with Crippen LogP contribution < -0.4 is 5.32 Å². The SMILES string of the molecule is Cc1nn(-c2ccccn2)c2c1C(c1ccsc1)C1=C(CCCC1=O)N2. The molecule has 2 aliphatic rings. The lowest BCUT2D eigenvalue weighted by Crippen LogP contribution is -2.27. The topological polar surface area (TPSA) is 59.8 Å². The second-order valence-electron chi connectivity index (χ2n) is 6.73. The van der Waals surface area contributed by atoms with Gasteiger partial charge in [0, 0.05) is 35.4 Å². The number of aryl methyl sites for hydroxylation is 1. The fourth-order valence-electron chi connectivity index (χ4n) is 4.04. The molecule has 0 aromatic carbocycles. The van der Waals surface area contributed by atoms with E-state index in [9.17, 15) is 4.79 Å². The fraction of sp³-hybridized carbons (Fsp3) is 0.250. The second-order valence-corrected chi connectivity index (χ2v) is 7.51. The van der Waals surface area contributed by atoms with Crippen molar-refractivity contribution in [1.82, 2.24) is 14.8 Å². The van der Waals surface area contributed by atoms with Crippen molar-refractivity contribution in [2.24, 2.45) is 0 Å². The van der Waals surface area contributed by atoms with Gasteiger partial charge in [0.15, 0.2) is 11.6 Å². The highest BCUT2D eigenvalue weighted by Crippen LogP contribution is 2.47. The largest absolute Gasteiger partial charge is 0.343 e. The summed E-state index contributed by atoms with van der Waals surface area (Å²) in [6.45, 7) is 2.01. The average molecular weight is 362 g/mol. The zero-order valence-corrected chi connectivity index (χ0v) is 15.2. The highest BCUT2D eigenvalue weighted by Gasteiger charge is 2.38. The molecule has 0 bridgehead atoms. The molecule has 5 nitrogen and oxygen atoms in total. The minimum atomic E-state index is -0.0437. The average Bonchev–Trinajstić information content (AvgIpc) is 3.30. The normalized spacial score (nSPS) is 19.1. The van der Waals surface area contributed by atoms with Crippen molar-refractivity contribution in [2.75, 3.05) is 5.32 Å². The number of anilines is 1. The molecule has 0 radical (unpaired) electrons. The molecule has 0 spiro atoms. The van der Waals surface area contributed by atoms with E-state index in [-0.39, 0.29) is 11.7 Å². The molecule has 3 aromatic rings. The van der Waals surface area contributed by atoms with E-state index in [0.717, 1.165) is 47.0 Å². The summed E-state index contributed by atoms with van der Waals surface area (Å²) < 4.78 is 1.87. The van der Waals surface area contributed by atoms with Crippen LogP contribution in [0.25, 0.3) is 5.82 Å². The lowest BCUT2D eigenvalue weighted by atomic mass is 9.77. The standard InChI is InChI=1S/C20H18N4OS/c1-12-17-18(13-8-10-26-11-13)19-14(5-4-6-15(19)25)22-20(17)24(23-12)16-7-2-3-9-21-16/h2-3,7-11,18,22H,4-6H2,1H3. The number of thiophene rings is 1. The van der Waals surface area contributed by atoms with Crippen molar-refractivity contribution < 1.29 is 4.79 Å². The smallest absolute Gasteiger partial charge is 0.161 e. The molecule has 1 N–H and O–H groups in total. The van der Waals surface area contributed by atoms with Gasteiger partial charge in [0.2, 0.25) is 0 Å². The molecule has 0 saturated carbocycles. The first kappa shape index (κ1) is 15.5. The first-order chi connectivity index (χ1) is 12.7. The maximum absolute atomic E-state index is 12.8. The van der Waals surface area contributed by atoms with Crippen molar-refractivity contribution in [3.05, 3.63) is 69.3 Å². The quantitative estimate of drug-likeness (QED) is 0.742. The Kier molecular flexibility index (Phi) is 3.53. The second kappa shape index (κ2) is 5.92. The Balaban J connectivity index is 1.76. The molecule has 1 aliphatic carbocycles. The summed E-state index contributed by atoms with van der Waals surface area (Å²) in [6, 6.07) is 7.92. The van der Waals surface area contributed by atoms with E-state index in [1.807, 2.05) is 29.8 Å². The van der Waals surface area contributed by atoms with E-state index < -0.39 is 0 Å². The van der Waals surface area contributed by atoms with Crippen LogP contribution >= 0.6 is 11.3 Å². The van der Waals surface area contributed by atoms with Gasteiger partial charge in [0.1, 0.15) is 5.82 Å². The van der Waals surface area contributed by atoms with Crippen LogP contribution in [0.4, 0.5) is 5.82 Å². The molecular weight excluding hydrogens is 344 g/mol. The van der Waals surface area contributed by atoms with E-state index >= 15 is 0 Å². The van der Waals surface area contributed by atoms with Gasteiger partial charge in [-0.25, -0.2) is 4.98 Å². The van der Waals surface area contributed by atoms with Gasteiger partial charge in [0.25, 0.3) is 0 Å². The molecule has 6 heteroatoms. The van der Waals surface area contributed by atoms with Crippen LogP contribution in [0.1, 0.15) is 42.0 Å². The Morgan fingerprint density at radius 3 is 2.96 bits per heavy atom. The fourth-order valence-corrected chi connectivity index (χ4v) is 4.72. The molecule has 0 fully saturated rings. The maximum atomic E-state index is 12.8. The number of fused-ring (bicyclic) bond motifs is 1. The third-order valence-corrected chi connectivity index (χ3v) is 5.85. The predicted molar refractivity (Wildman–Crippen MR) is 102 cm³/mol. The summed E-state index contributed by atoms with van der Waals surface area (Å²) in [6.07, 6.45) is 4.19. The highest BCUT2D eigenvalue weighted by atomic mass is 32.1. The number of ketones is 1. The van der Waals surface area contributed by atoms with Crippen molar-refractivity contribution in [3.63, 3.8) is 0 Å². The minimum absolute atomic E-state index is 0.0437. The van der Waals surface area contributed by atoms with Gasteiger partial charge >= 0.3 is 0 Å². The third-order valence-electron chi connectivity index (χ3n) is 5.15. The molecule has 3 aromatic heterocycles. The van der Waals surface area contributed by atoms with Gasteiger partial charge in [0.05, 0.1) is 5.69 Å². The van der Waals surface area contributed by atoms with E-state index in [0.29, 0.717) is 6.42 Å². The highest BCUT2D eigenvalue weighted by molar-refractivity contribution is 7.08. The third kappa shape index (κ3) is 2.25. The van der Waals surface area contributed by atoms with Gasteiger partial charge < -0.3 is 5.32 Å². The Bertz CT molecular complexity index is 1020. The van der Waals surface area contributed by atoms with Crippen molar-refractivity contribution in [3.8, 4) is 5.82 Å². The molecule has 1 aliphatic heterocycles. The van der Waals surface area contributed by atoms with Crippen molar-refractivity contribution in [1.29, 1.82) is 0 Å². The molecule has 0 amide bonds. The summed E-state index contributed by atoms with van der Waals surface area (Å²) in [4.78, 5) is 17.3. The van der Waals surface area contributed by atoms with Crippen LogP contribution in [0.15, 0.2) is 52.5 Å². The zero-order chi connectivity index (χ0) is 17.7. The number of allylic oxidation sites excluding steroid dienone is 2. The number of hydrogen-bond acceptors (Lipinski definition) is 5. The van der Waals surface area contributed by atoms with Crippen molar-refractivity contribution >= 4 is 22.9 Å². The number of carbonyl (C=O) groups excluding carboxylic acids is 1. The Morgan fingerprint density at radius 1 is 1.27 bits per heavy atom. The van der Waals surface area contributed by atoms with Gasteiger partial charge in [-0.1, -0.05) is 6.07 Å². The molecule has 26 heavy (non-hydrogen) atoms. The number of rotatable bonds is 2. The lowest BCUT2D eigenvalue weighted by molar-refractivity contribution is -0.116. The van der Waals surface area contributed by atoms with Crippen LogP contribution in [-0.4, -0.2) is 20.5 Å². The number of hydrogen-bond donors (Lipinski definition) is 1. The predicted octanol–water partition coefficient (Wildman–Crippen LogP) is 4.20. The molecule has 4 heterocycles. The Morgan fingerprint density at radius 2 is 2.19 bits per heavy atom. The number of nitrogens with one attached hydrogen (secondary N) is 1. The Labute approximate surface area is 155 Å². The van der Waals surface area contributed by atoms with Crippen LogP contribution in [0.3, 0.4) is 0 Å². The molecule has 5 rings (SSSR count). The van der Waals surface area contributed by atoms with E-state index in [1.54, 1.807) is 17.5 Å². The number of pyridine rings is 1. The molecule has 1 unspecified atom stereocenters. The van der Waals surface area contributed by atoms with Crippen LogP contribution in [0, 0.1) is 6.92 Å². The molecular formula is C20H18N4OS. The lowest BCUT2D eigenvalue weighted by Gasteiger charge is -2.32. The molecule has 130 valence electrons. The van der Waals surface area contributed by atoms with Gasteiger partial charge in [-0.05, 0) is 54.3 Å². The monoisotopic (exact) mass is 362 g/mol. The van der Waals surface area contributed by atoms with Crippen LogP contribution in [-0.2, 0) is 4.79 Å². The maximum Gasteiger partial charge on any atom is 0.161 e. The molecule has 1 atom stereocenters. The number of aromatic nitrogens is 3. The number of nitrogens with zero attached hydrogens (tertiary/aromatic N) is 3. The van der Waals surface area contributed by atoms with Crippen LogP contribution in [0.2, 0.25) is 0 Å². The number of carbonyl (C=O) groups is 1. The first-order valence-electron chi connectivity index (χ1n) is 8.80. The van der Waals surface area contributed by atoms with E-state index in [4.69, 9.17) is 5.10 Å². The van der Waals surface area contributed by atoms with Gasteiger partial charge in [-0.2, -0.15) is 21.1 Å². The van der Waals surface area contributed by atoms with E-state index in [2.05, 4.69) is 27.1 Å². The number of Topliss-reactive ketones (excluding diaryl/α,β-unsaturated/α-hetero) is 1. The van der Waals surface area contributed by atoms with Gasteiger partial charge in [-0.3, -0.25) is 4.79 Å². The minimum Gasteiger partial charge on any atom is -0.343 e. The van der Waals surface area contributed by atoms with Crippen molar-refractivity contribution in [2.45, 2.75) is 32.1 Å².